The minimum atomic E-state index is -1.00. The van der Waals surface area contributed by atoms with Crippen molar-refractivity contribution in [2.45, 2.75) is 45.7 Å². The highest BCUT2D eigenvalue weighted by molar-refractivity contribution is 5.94. The van der Waals surface area contributed by atoms with Gasteiger partial charge in [-0.05, 0) is 69.2 Å². The van der Waals surface area contributed by atoms with Gasteiger partial charge in [0.15, 0.2) is 0 Å². The molecule has 1 aromatic heterocycles. The van der Waals surface area contributed by atoms with E-state index < -0.39 is 5.97 Å². The molecule has 9 nitrogen and oxygen atoms in total. The van der Waals surface area contributed by atoms with Crippen LogP contribution in [-0.2, 0) is 11.8 Å². The van der Waals surface area contributed by atoms with Gasteiger partial charge in [-0.15, -0.1) is 0 Å². The topological polar surface area (TPSA) is 108 Å². The van der Waals surface area contributed by atoms with Crippen LogP contribution in [0.25, 0.3) is 10.9 Å². The number of rotatable bonds is 6. The van der Waals surface area contributed by atoms with E-state index in [9.17, 15) is 19.5 Å². The number of aryl methyl sites for hydroxylation is 1. The molecule has 2 saturated heterocycles. The van der Waals surface area contributed by atoms with Gasteiger partial charge in [0.1, 0.15) is 0 Å². The van der Waals surface area contributed by atoms with Crippen molar-refractivity contribution in [3.8, 4) is 0 Å². The number of benzene rings is 2. The third-order valence-corrected chi connectivity index (χ3v) is 8.92. The number of nitrogens with zero attached hydrogens (tertiary/aromatic N) is 4. The number of anilines is 2. The van der Waals surface area contributed by atoms with E-state index in [2.05, 4.69) is 22.0 Å². The zero-order chi connectivity index (χ0) is 27.6. The molecule has 2 N–H and O–H groups in total. The van der Waals surface area contributed by atoms with Crippen molar-refractivity contribution < 1.29 is 14.7 Å². The molecule has 0 radical (unpaired) electrons. The van der Waals surface area contributed by atoms with Crippen LogP contribution in [0.5, 0.6) is 0 Å². The lowest BCUT2D eigenvalue weighted by atomic mass is 10.0. The standard InChI is InChI=1S/C30H35N5O4/c1-16-12-20(18(3)31-24-10-6-5-9-19(24)29(38)39)26-21(13-16)27(36)33(4)30(32-26)34-14-22-23(15-34)25(22)28(37)35-11-7-8-17(35)2/h5-6,9-10,12-13,17-18,22-23,25,31H,7-8,11,14-15H2,1-4H3,(H,38,39)/t17-,18?,22-,23+,25-/m0/s1. The van der Waals surface area contributed by atoms with Crippen molar-refractivity contribution in [3.05, 3.63) is 63.4 Å². The maximum Gasteiger partial charge on any atom is 0.337 e. The second-order valence-electron chi connectivity index (χ2n) is 11.5. The van der Waals surface area contributed by atoms with Crippen LogP contribution in [0.1, 0.15) is 54.2 Å². The Hall–Kier alpha value is -3.88. The summed E-state index contributed by atoms with van der Waals surface area (Å²) in [6.45, 7) is 8.34. The first-order chi connectivity index (χ1) is 18.7. The Kier molecular flexibility index (Phi) is 6.12. The molecule has 39 heavy (non-hydrogen) atoms. The maximum atomic E-state index is 13.5. The lowest BCUT2D eigenvalue weighted by molar-refractivity contribution is -0.133. The number of carbonyl (C=O) groups is 2. The van der Waals surface area contributed by atoms with Crippen LogP contribution in [0.3, 0.4) is 0 Å². The summed E-state index contributed by atoms with van der Waals surface area (Å²) in [4.78, 5) is 47.7. The van der Waals surface area contributed by atoms with Crippen LogP contribution < -0.4 is 15.8 Å². The van der Waals surface area contributed by atoms with Crippen molar-refractivity contribution in [1.29, 1.82) is 0 Å². The number of para-hydroxylation sites is 1. The number of likely N-dealkylation sites (tertiary alicyclic amines) is 1. The molecule has 3 aromatic rings. The number of aromatic carboxylic acids is 1. The van der Waals surface area contributed by atoms with Gasteiger partial charge < -0.3 is 20.2 Å². The Labute approximate surface area is 227 Å². The number of hydrogen-bond acceptors (Lipinski definition) is 6. The third-order valence-electron chi connectivity index (χ3n) is 8.92. The van der Waals surface area contributed by atoms with Gasteiger partial charge in [0.05, 0.1) is 22.5 Å². The maximum absolute atomic E-state index is 13.5. The smallest absolute Gasteiger partial charge is 0.337 e. The summed E-state index contributed by atoms with van der Waals surface area (Å²) in [6, 6.07) is 10.7. The predicted octanol–water partition coefficient (Wildman–Crippen LogP) is 3.81. The van der Waals surface area contributed by atoms with Crippen LogP contribution in [0, 0.1) is 24.7 Å². The van der Waals surface area contributed by atoms with Crippen LogP contribution in [-0.4, -0.2) is 57.1 Å². The molecule has 9 heteroatoms. The minimum absolute atomic E-state index is 0.0935. The summed E-state index contributed by atoms with van der Waals surface area (Å²) < 4.78 is 1.62. The van der Waals surface area contributed by atoms with Crippen molar-refractivity contribution in [1.82, 2.24) is 14.5 Å². The van der Waals surface area contributed by atoms with Crippen molar-refractivity contribution >= 4 is 34.4 Å². The van der Waals surface area contributed by atoms with Crippen LogP contribution in [0.4, 0.5) is 11.6 Å². The van der Waals surface area contributed by atoms with Crippen molar-refractivity contribution in [2.24, 2.45) is 24.8 Å². The average Bonchev–Trinajstić information content (AvgIpc) is 3.19. The highest BCUT2D eigenvalue weighted by Gasteiger charge is 2.61. The zero-order valence-electron chi connectivity index (χ0n) is 22.8. The molecule has 5 atom stereocenters. The van der Waals surface area contributed by atoms with E-state index in [-0.39, 0.29) is 23.1 Å². The van der Waals surface area contributed by atoms with Crippen molar-refractivity contribution in [2.75, 3.05) is 29.9 Å². The molecule has 3 aliphatic rings. The van der Waals surface area contributed by atoms with Gasteiger partial charge >= 0.3 is 5.97 Å². The molecule has 204 valence electrons. The number of carboxylic acids is 1. The highest BCUT2D eigenvalue weighted by atomic mass is 16.4. The van der Waals surface area contributed by atoms with E-state index in [0.717, 1.165) is 43.6 Å². The van der Waals surface area contributed by atoms with E-state index in [1.165, 1.54) is 0 Å². The number of amides is 1. The van der Waals surface area contributed by atoms with E-state index in [0.29, 0.717) is 46.3 Å². The summed E-state index contributed by atoms with van der Waals surface area (Å²) in [5.74, 6) is 0.623. The molecule has 1 amide bonds. The second kappa shape index (κ2) is 9.39. The molecule has 2 aromatic carbocycles. The quantitative estimate of drug-likeness (QED) is 0.500. The predicted molar refractivity (Wildman–Crippen MR) is 150 cm³/mol. The normalized spacial score (nSPS) is 24.6. The number of piperidine rings is 1. The fraction of sp³-hybridized carbons (Fsp3) is 0.467. The summed E-state index contributed by atoms with van der Waals surface area (Å²) in [7, 11) is 1.76. The molecule has 1 saturated carbocycles. The van der Waals surface area contributed by atoms with Crippen LogP contribution in [0.15, 0.2) is 41.2 Å². The van der Waals surface area contributed by atoms with E-state index in [1.807, 2.05) is 26.0 Å². The monoisotopic (exact) mass is 529 g/mol. The Morgan fingerprint density at radius 3 is 2.54 bits per heavy atom. The first kappa shape index (κ1) is 25.4. The van der Waals surface area contributed by atoms with Crippen LogP contribution in [0.2, 0.25) is 0 Å². The highest BCUT2D eigenvalue weighted by Crippen LogP contribution is 2.53. The summed E-state index contributed by atoms with van der Waals surface area (Å²) in [6.07, 6.45) is 2.17. The zero-order valence-corrected chi connectivity index (χ0v) is 22.8. The van der Waals surface area contributed by atoms with Gasteiger partial charge in [0, 0.05) is 49.9 Å². The van der Waals surface area contributed by atoms with E-state index in [1.54, 1.807) is 35.9 Å². The van der Waals surface area contributed by atoms with Gasteiger partial charge in [0.2, 0.25) is 11.9 Å². The average molecular weight is 530 g/mol. The van der Waals surface area contributed by atoms with Crippen molar-refractivity contribution in [3.63, 3.8) is 0 Å². The number of hydrogen-bond donors (Lipinski definition) is 2. The minimum Gasteiger partial charge on any atom is -0.478 e. The first-order valence-electron chi connectivity index (χ1n) is 13.8. The van der Waals surface area contributed by atoms with Crippen LogP contribution >= 0.6 is 0 Å². The Bertz CT molecular complexity index is 1540. The number of fused-ring (bicyclic) bond motifs is 2. The second-order valence-corrected chi connectivity index (χ2v) is 11.5. The SMILES string of the molecule is Cc1cc(C(C)Nc2ccccc2C(=O)O)c2nc(N3C[C@@H]4[C@H](C3)[C@@H]4C(=O)N3CCC[C@@H]3C)n(C)c(=O)c2c1. The fourth-order valence-corrected chi connectivity index (χ4v) is 6.77. The lowest BCUT2D eigenvalue weighted by Crippen LogP contribution is -2.38. The Morgan fingerprint density at radius 1 is 1.15 bits per heavy atom. The molecule has 0 spiro atoms. The third kappa shape index (κ3) is 4.24. The summed E-state index contributed by atoms with van der Waals surface area (Å²) in [5, 5.41) is 13.5. The van der Waals surface area contributed by atoms with Gasteiger partial charge in [0.25, 0.3) is 5.56 Å². The number of aromatic nitrogens is 2. The molecular weight excluding hydrogens is 494 g/mol. The summed E-state index contributed by atoms with van der Waals surface area (Å²) >= 11 is 0. The molecule has 1 unspecified atom stereocenters. The Morgan fingerprint density at radius 2 is 1.87 bits per heavy atom. The van der Waals surface area contributed by atoms with Gasteiger partial charge in [-0.1, -0.05) is 18.2 Å². The molecule has 3 fully saturated rings. The first-order valence-corrected chi connectivity index (χ1v) is 13.8. The number of carbonyl (C=O) groups excluding carboxylic acids is 1. The molecule has 3 heterocycles. The number of nitrogens with one attached hydrogen (secondary N) is 1. The Balaban J connectivity index is 1.30. The van der Waals surface area contributed by atoms with Gasteiger partial charge in [-0.25, -0.2) is 9.78 Å². The molecule has 6 rings (SSSR count). The molecule has 0 bridgehead atoms. The van der Waals surface area contributed by atoms with E-state index >= 15 is 0 Å². The molecular formula is C30H35N5O4. The number of carboxylic acid groups (broad SMARTS) is 1. The lowest BCUT2D eigenvalue weighted by Gasteiger charge is -2.26. The summed E-state index contributed by atoms with van der Waals surface area (Å²) in [5.41, 5.74) is 2.98. The fourth-order valence-electron chi connectivity index (χ4n) is 6.77. The molecule has 2 aliphatic heterocycles. The van der Waals surface area contributed by atoms with E-state index in [4.69, 9.17) is 4.98 Å². The largest absolute Gasteiger partial charge is 0.478 e. The van der Waals surface area contributed by atoms with Gasteiger partial charge in [-0.3, -0.25) is 14.2 Å². The van der Waals surface area contributed by atoms with Gasteiger partial charge in [-0.2, -0.15) is 0 Å². The molecule has 1 aliphatic carbocycles.